The minimum atomic E-state index is -2.14. The van der Waals surface area contributed by atoms with Crippen molar-refractivity contribution < 1.29 is 46.0 Å². The van der Waals surface area contributed by atoms with Crippen LogP contribution in [0.4, 0.5) is 26.3 Å². The summed E-state index contributed by atoms with van der Waals surface area (Å²) in [6.07, 6.45) is 0. The van der Waals surface area contributed by atoms with Gasteiger partial charge in [-0.3, -0.25) is 0 Å². The quantitative estimate of drug-likeness (QED) is 0.169. The highest BCUT2D eigenvalue weighted by Crippen LogP contribution is 2.46. The Balaban J connectivity index is 1.56. The summed E-state index contributed by atoms with van der Waals surface area (Å²) in [5.74, 6) is -15.4. The Labute approximate surface area is 220 Å². The van der Waals surface area contributed by atoms with Crippen molar-refractivity contribution in [1.29, 1.82) is 0 Å². The zero-order valence-electron chi connectivity index (χ0n) is 19.9. The van der Waals surface area contributed by atoms with Gasteiger partial charge in [-0.15, -0.1) is 0 Å². The van der Waals surface area contributed by atoms with E-state index in [1.165, 1.54) is 60.7 Å². The molecule has 0 aliphatic rings. The summed E-state index contributed by atoms with van der Waals surface area (Å²) in [5.41, 5.74) is 0. The van der Waals surface area contributed by atoms with Crippen LogP contribution in [0.15, 0.2) is 72.8 Å². The number of aromatic hydroxyl groups is 2. The van der Waals surface area contributed by atoms with E-state index in [0.717, 1.165) is 0 Å². The highest BCUT2D eigenvalue weighted by Gasteiger charge is 2.32. The molecule has 0 bridgehead atoms. The molecule has 0 saturated carbocycles. The molecule has 0 heterocycles. The summed E-state index contributed by atoms with van der Waals surface area (Å²) in [7, 11) is 0. The second-order valence-corrected chi connectivity index (χ2v) is 8.88. The van der Waals surface area contributed by atoms with Gasteiger partial charge in [0.25, 0.3) is 0 Å². The molecule has 10 heteroatoms. The van der Waals surface area contributed by atoms with Gasteiger partial charge in [0.2, 0.25) is 11.6 Å². The summed E-state index contributed by atoms with van der Waals surface area (Å²) in [5, 5.41) is 19.0. The Morgan fingerprint density at radius 2 is 0.775 bits per heavy atom. The van der Waals surface area contributed by atoms with Crippen molar-refractivity contribution in [2.45, 2.75) is 0 Å². The highest BCUT2D eigenvalue weighted by molar-refractivity contribution is 5.96. The lowest BCUT2D eigenvalue weighted by Gasteiger charge is -2.17. The number of hydrogen-bond donors (Lipinski definition) is 2. The number of rotatable bonds is 4. The summed E-state index contributed by atoms with van der Waals surface area (Å²) in [6, 6.07) is 16.8. The SMILES string of the molecule is Oc1ccc2ccc(Oc3c(F)c(F)c(F)c4c(Oc5ccc6ccc(O)cc6c5)c(F)c(F)c(F)c34)cc2c1. The Bertz CT molecular complexity index is 1860. The van der Waals surface area contributed by atoms with Gasteiger partial charge in [0, 0.05) is 0 Å². The molecule has 0 spiro atoms. The van der Waals surface area contributed by atoms with Crippen LogP contribution >= 0.6 is 0 Å². The van der Waals surface area contributed by atoms with E-state index in [9.17, 15) is 19.0 Å². The fourth-order valence-electron chi connectivity index (χ4n) is 4.46. The summed E-state index contributed by atoms with van der Waals surface area (Å²) < 4.78 is 101. The van der Waals surface area contributed by atoms with Crippen molar-refractivity contribution in [3.8, 4) is 34.5 Å². The standard InChI is InChI=1S/C30H14F6O4/c31-23-21-22(30(28(36)26(23)34)40-20-8-4-14-2-6-18(38)10-16(14)12-20)24(32)25(33)27(35)29(21)39-19-7-3-13-1-5-17(37)9-15(13)11-19/h1-12,37-38H. The maximum Gasteiger partial charge on any atom is 0.205 e. The fourth-order valence-corrected chi connectivity index (χ4v) is 4.46. The van der Waals surface area contributed by atoms with E-state index in [2.05, 4.69) is 0 Å². The van der Waals surface area contributed by atoms with Crippen molar-refractivity contribution in [3.63, 3.8) is 0 Å². The number of benzene rings is 6. The average molecular weight is 552 g/mol. The van der Waals surface area contributed by atoms with E-state index in [-0.39, 0.29) is 23.0 Å². The third-order valence-corrected chi connectivity index (χ3v) is 6.34. The predicted molar refractivity (Wildman–Crippen MR) is 135 cm³/mol. The van der Waals surface area contributed by atoms with Crippen LogP contribution in [0.1, 0.15) is 0 Å². The second-order valence-electron chi connectivity index (χ2n) is 8.88. The maximum absolute atomic E-state index is 15.1. The summed E-state index contributed by atoms with van der Waals surface area (Å²) >= 11 is 0. The van der Waals surface area contributed by atoms with E-state index in [1.807, 2.05) is 0 Å². The molecule has 4 nitrogen and oxygen atoms in total. The van der Waals surface area contributed by atoms with Crippen LogP contribution in [0.5, 0.6) is 34.5 Å². The largest absolute Gasteiger partial charge is 0.508 e. The fraction of sp³-hybridized carbons (Fsp3) is 0. The van der Waals surface area contributed by atoms with Crippen LogP contribution in [-0.2, 0) is 0 Å². The van der Waals surface area contributed by atoms with Gasteiger partial charge in [-0.25, -0.2) is 17.6 Å². The van der Waals surface area contributed by atoms with Gasteiger partial charge in [-0.05, 0) is 70.1 Å². The van der Waals surface area contributed by atoms with Crippen LogP contribution in [0, 0.1) is 34.9 Å². The predicted octanol–water partition coefficient (Wildman–Crippen LogP) is 8.98. The molecule has 0 radical (unpaired) electrons. The molecule has 0 saturated heterocycles. The molecule has 6 aromatic rings. The lowest BCUT2D eigenvalue weighted by atomic mass is 10.0. The van der Waals surface area contributed by atoms with E-state index in [1.54, 1.807) is 12.1 Å². The molecule has 2 N–H and O–H groups in total. The first-order valence-electron chi connectivity index (χ1n) is 11.6. The number of halogens is 6. The van der Waals surface area contributed by atoms with Crippen molar-refractivity contribution in [1.82, 2.24) is 0 Å². The Morgan fingerprint density at radius 1 is 0.400 bits per heavy atom. The van der Waals surface area contributed by atoms with Gasteiger partial charge in [-0.1, -0.05) is 24.3 Å². The first-order chi connectivity index (χ1) is 19.1. The molecular weight excluding hydrogens is 538 g/mol. The Hall–Kier alpha value is -5.12. The molecule has 0 aliphatic carbocycles. The van der Waals surface area contributed by atoms with Crippen LogP contribution in [0.2, 0.25) is 0 Å². The van der Waals surface area contributed by atoms with E-state index < -0.39 is 57.2 Å². The molecule has 0 fully saturated rings. The van der Waals surface area contributed by atoms with Gasteiger partial charge in [0.1, 0.15) is 23.0 Å². The molecule has 6 aromatic carbocycles. The molecule has 40 heavy (non-hydrogen) atoms. The van der Waals surface area contributed by atoms with Crippen molar-refractivity contribution in [2.24, 2.45) is 0 Å². The zero-order valence-corrected chi connectivity index (χ0v) is 19.9. The number of phenols is 2. The van der Waals surface area contributed by atoms with Gasteiger partial charge in [0.15, 0.2) is 34.8 Å². The molecular formula is C30H14F6O4. The lowest BCUT2D eigenvalue weighted by Crippen LogP contribution is -2.05. The van der Waals surface area contributed by atoms with Crippen LogP contribution in [0.25, 0.3) is 32.3 Å². The van der Waals surface area contributed by atoms with Gasteiger partial charge in [-0.2, -0.15) is 8.78 Å². The monoisotopic (exact) mass is 552 g/mol. The van der Waals surface area contributed by atoms with Gasteiger partial charge < -0.3 is 19.7 Å². The van der Waals surface area contributed by atoms with Crippen molar-refractivity contribution in [2.75, 3.05) is 0 Å². The van der Waals surface area contributed by atoms with Gasteiger partial charge >= 0.3 is 0 Å². The molecule has 0 atom stereocenters. The molecule has 0 unspecified atom stereocenters. The smallest absolute Gasteiger partial charge is 0.205 e. The van der Waals surface area contributed by atoms with Crippen LogP contribution in [0.3, 0.4) is 0 Å². The van der Waals surface area contributed by atoms with Crippen molar-refractivity contribution >= 4 is 32.3 Å². The maximum atomic E-state index is 15.1. The molecule has 0 aliphatic heterocycles. The first kappa shape index (κ1) is 25.2. The minimum absolute atomic E-state index is 0.108. The zero-order chi connectivity index (χ0) is 28.3. The number of phenolic OH excluding ortho intramolecular Hbond substituents is 2. The van der Waals surface area contributed by atoms with E-state index >= 15 is 17.6 Å². The molecule has 200 valence electrons. The normalized spacial score (nSPS) is 11.4. The topological polar surface area (TPSA) is 58.9 Å². The van der Waals surface area contributed by atoms with E-state index in [0.29, 0.717) is 21.5 Å². The van der Waals surface area contributed by atoms with Crippen molar-refractivity contribution in [3.05, 3.63) is 108 Å². The molecule has 0 aromatic heterocycles. The number of hydrogen-bond acceptors (Lipinski definition) is 4. The minimum Gasteiger partial charge on any atom is -0.508 e. The highest BCUT2D eigenvalue weighted by atomic mass is 19.2. The molecule has 0 amide bonds. The lowest BCUT2D eigenvalue weighted by molar-refractivity contribution is 0.383. The summed E-state index contributed by atoms with van der Waals surface area (Å²) in [6.45, 7) is 0. The summed E-state index contributed by atoms with van der Waals surface area (Å²) in [4.78, 5) is 0. The number of ether oxygens (including phenoxy) is 2. The Morgan fingerprint density at radius 3 is 1.18 bits per heavy atom. The second kappa shape index (κ2) is 9.26. The van der Waals surface area contributed by atoms with Crippen LogP contribution in [-0.4, -0.2) is 10.2 Å². The number of fused-ring (bicyclic) bond motifs is 3. The third-order valence-electron chi connectivity index (χ3n) is 6.34. The van der Waals surface area contributed by atoms with E-state index in [4.69, 9.17) is 9.47 Å². The van der Waals surface area contributed by atoms with Gasteiger partial charge in [0.05, 0.1) is 10.8 Å². The Kier molecular flexibility index (Phi) is 5.83. The molecule has 6 rings (SSSR count). The third kappa shape index (κ3) is 4.05. The van der Waals surface area contributed by atoms with Crippen LogP contribution < -0.4 is 9.47 Å². The average Bonchev–Trinajstić information content (AvgIpc) is 2.94. The first-order valence-corrected chi connectivity index (χ1v) is 11.6.